The van der Waals surface area contributed by atoms with Gasteiger partial charge in [-0.25, -0.2) is 0 Å². The summed E-state index contributed by atoms with van der Waals surface area (Å²) in [7, 11) is 0. The van der Waals surface area contributed by atoms with Gasteiger partial charge in [0.15, 0.2) is 0 Å². The summed E-state index contributed by atoms with van der Waals surface area (Å²) < 4.78 is 5.24. The maximum absolute atomic E-state index is 12.9. The molecule has 30 heavy (non-hydrogen) atoms. The van der Waals surface area contributed by atoms with E-state index in [2.05, 4.69) is 5.32 Å². The van der Waals surface area contributed by atoms with Crippen molar-refractivity contribution in [3.05, 3.63) is 64.7 Å². The first kappa shape index (κ1) is 21.8. The van der Waals surface area contributed by atoms with Gasteiger partial charge >= 0.3 is 5.97 Å². The summed E-state index contributed by atoms with van der Waals surface area (Å²) in [6.07, 6.45) is 1.11. The maximum atomic E-state index is 12.9. The topological polar surface area (TPSA) is 75.7 Å². The molecule has 1 atom stereocenters. The normalized spacial score (nSPS) is 14.7. The zero-order valence-corrected chi connectivity index (χ0v) is 17.8. The first-order valence-corrected chi connectivity index (χ1v) is 10.4. The molecule has 0 saturated carbocycles. The number of halogens is 1. The Hall–Kier alpha value is -2.86. The summed E-state index contributed by atoms with van der Waals surface area (Å²) in [5.74, 6) is -0.663. The maximum Gasteiger partial charge on any atom is 0.308 e. The lowest BCUT2D eigenvalue weighted by molar-refractivity contribution is -0.148. The number of ether oxygens (including phenoxy) is 1. The number of nitrogens with one attached hydrogen (secondary N) is 1. The lowest BCUT2D eigenvalue weighted by Gasteiger charge is -2.21. The zero-order valence-electron chi connectivity index (χ0n) is 17.1. The molecule has 1 saturated heterocycles. The van der Waals surface area contributed by atoms with Crippen LogP contribution in [0.15, 0.2) is 48.5 Å². The molecular weight excluding hydrogens is 404 g/mol. The highest BCUT2D eigenvalue weighted by atomic mass is 35.5. The first-order chi connectivity index (χ1) is 14.3. The van der Waals surface area contributed by atoms with E-state index < -0.39 is 12.0 Å². The molecule has 3 rings (SSSR count). The monoisotopic (exact) mass is 428 g/mol. The molecule has 2 aromatic carbocycles. The summed E-state index contributed by atoms with van der Waals surface area (Å²) in [6, 6.07) is 13.3. The lowest BCUT2D eigenvalue weighted by atomic mass is 10.0. The van der Waals surface area contributed by atoms with Gasteiger partial charge in [-0.1, -0.05) is 29.8 Å². The van der Waals surface area contributed by atoms with Crippen molar-refractivity contribution in [2.75, 3.05) is 11.4 Å². The minimum Gasteiger partial charge on any atom is -0.463 e. The average molecular weight is 429 g/mol. The van der Waals surface area contributed by atoms with Crippen LogP contribution in [0.25, 0.3) is 0 Å². The van der Waals surface area contributed by atoms with E-state index in [4.69, 9.17) is 16.3 Å². The number of carbonyl (C=O) groups excluding carboxylic acids is 3. The number of hydrogen-bond acceptors (Lipinski definition) is 4. The Morgan fingerprint density at radius 2 is 1.83 bits per heavy atom. The minimum atomic E-state index is -0.628. The standard InChI is InChI=1S/C23H25ClN2O4/c1-15(2)30-22(28)14-20(18-6-3-4-7-19(18)24)25-23(29)16-9-11-17(12-10-16)26-13-5-8-21(26)27/h3-4,6-7,9-12,15,20H,5,8,13-14H2,1-2H3,(H,25,29). The van der Waals surface area contributed by atoms with Crippen molar-refractivity contribution in [2.24, 2.45) is 0 Å². The highest BCUT2D eigenvalue weighted by molar-refractivity contribution is 6.31. The second-order valence-corrected chi connectivity index (χ2v) is 7.89. The molecule has 158 valence electrons. The molecule has 1 aliphatic heterocycles. The second kappa shape index (κ2) is 9.76. The Morgan fingerprint density at radius 1 is 1.13 bits per heavy atom. The van der Waals surface area contributed by atoms with Crippen LogP contribution in [0, 0.1) is 0 Å². The van der Waals surface area contributed by atoms with Gasteiger partial charge in [-0.3, -0.25) is 14.4 Å². The summed E-state index contributed by atoms with van der Waals surface area (Å²) >= 11 is 6.30. The highest BCUT2D eigenvalue weighted by Gasteiger charge is 2.24. The van der Waals surface area contributed by atoms with Gasteiger partial charge in [0.2, 0.25) is 5.91 Å². The molecule has 0 aliphatic carbocycles. The molecule has 0 bridgehead atoms. The van der Waals surface area contributed by atoms with Crippen molar-refractivity contribution < 1.29 is 19.1 Å². The van der Waals surface area contributed by atoms with Gasteiger partial charge in [-0.15, -0.1) is 0 Å². The van der Waals surface area contributed by atoms with Crippen molar-refractivity contribution in [3.8, 4) is 0 Å². The van der Waals surface area contributed by atoms with Crippen molar-refractivity contribution in [1.82, 2.24) is 5.32 Å². The number of hydrogen-bond donors (Lipinski definition) is 1. The molecule has 7 heteroatoms. The van der Waals surface area contributed by atoms with Crippen LogP contribution in [0.3, 0.4) is 0 Å². The van der Waals surface area contributed by atoms with Crippen LogP contribution >= 0.6 is 11.6 Å². The molecule has 6 nitrogen and oxygen atoms in total. The number of rotatable bonds is 7. The number of nitrogens with zero attached hydrogens (tertiary/aromatic N) is 1. The summed E-state index contributed by atoms with van der Waals surface area (Å²) in [6.45, 7) is 4.23. The summed E-state index contributed by atoms with van der Waals surface area (Å²) in [5.41, 5.74) is 1.85. The van der Waals surface area contributed by atoms with E-state index in [1.165, 1.54) is 0 Å². The molecule has 0 aromatic heterocycles. The van der Waals surface area contributed by atoms with E-state index in [0.717, 1.165) is 12.1 Å². The SMILES string of the molecule is CC(C)OC(=O)CC(NC(=O)c1ccc(N2CCCC2=O)cc1)c1ccccc1Cl. The quantitative estimate of drug-likeness (QED) is 0.668. The third-order valence-corrected chi connectivity index (χ3v) is 5.18. The van der Waals surface area contributed by atoms with Crippen LogP contribution in [-0.4, -0.2) is 30.4 Å². The Morgan fingerprint density at radius 3 is 2.43 bits per heavy atom. The van der Waals surface area contributed by atoms with Crippen LogP contribution in [0.2, 0.25) is 5.02 Å². The molecule has 0 spiro atoms. The molecule has 2 aromatic rings. The number of carbonyl (C=O) groups is 3. The number of esters is 1. The molecule has 1 aliphatic rings. The van der Waals surface area contributed by atoms with Gasteiger partial charge in [-0.05, 0) is 56.2 Å². The minimum absolute atomic E-state index is 0.0337. The largest absolute Gasteiger partial charge is 0.463 e. The van der Waals surface area contributed by atoms with Gasteiger partial charge in [0, 0.05) is 29.2 Å². The molecular formula is C23H25ClN2O4. The Bertz CT molecular complexity index is 927. The van der Waals surface area contributed by atoms with Gasteiger partial charge in [0.05, 0.1) is 18.6 Å². The highest BCUT2D eigenvalue weighted by Crippen LogP contribution is 2.27. The number of benzene rings is 2. The van der Waals surface area contributed by atoms with Crippen molar-refractivity contribution >= 4 is 35.1 Å². The second-order valence-electron chi connectivity index (χ2n) is 7.49. The molecule has 1 N–H and O–H groups in total. The van der Waals surface area contributed by atoms with Gasteiger partial charge < -0.3 is 15.0 Å². The van der Waals surface area contributed by atoms with Gasteiger partial charge in [-0.2, -0.15) is 0 Å². The number of amides is 2. The molecule has 1 heterocycles. The first-order valence-electron chi connectivity index (χ1n) is 10.0. The van der Waals surface area contributed by atoms with Crippen LogP contribution in [-0.2, 0) is 14.3 Å². The van der Waals surface area contributed by atoms with Crippen molar-refractivity contribution in [1.29, 1.82) is 0 Å². The van der Waals surface area contributed by atoms with Crippen LogP contribution < -0.4 is 10.2 Å². The lowest BCUT2D eigenvalue weighted by Crippen LogP contribution is -2.31. The zero-order chi connectivity index (χ0) is 21.7. The van der Waals surface area contributed by atoms with Crippen molar-refractivity contribution in [2.45, 2.75) is 45.3 Å². The molecule has 1 unspecified atom stereocenters. The van der Waals surface area contributed by atoms with E-state index in [-0.39, 0.29) is 24.3 Å². The fraction of sp³-hybridized carbons (Fsp3) is 0.348. The number of anilines is 1. The van der Waals surface area contributed by atoms with E-state index in [9.17, 15) is 14.4 Å². The van der Waals surface area contributed by atoms with Crippen LogP contribution in [0.1, 0.15) is 55.1 Å². The predicted molar refractivity (Wildman–Crippen MR) is 116 cm³/mol. The Labute approximate surface area is 181 Å². The average Bonchev–Trinajstić information content (AvgIpc) is 3.13. The van der Waals surface area contributed by atoms with Gasteiger partial charge in [0.1, 0.15) is 0 Å². The predicted octanol–water partition coefficient (Wildman–Crippen LogP) is 4.28. The summed E-state index contributed by atoms with van der Waals surface area (Å²) in [5, 5.41) is 3.35. The van der Waals surface area contributed by atoms with E-state index >= 15 is 0 Å². The third-order valence-electron chi connectivity index (χ3n) is 4.84. The van der Waals surface area contributed by atoms with Crippen molar-refractivity contribution in [3.63, 3.8) is 0 Å². The smallest absolute Gasteiger partial charge is 0.308 e. The third kappa shape index (κ3) is 5.39. The van der Waals surface area contributed by atoms with E-state index in [1.807, 2.05) is 0 Å². The van der Waals surface area contributed by atoms with E-state index in [0.29, 0.717) is 29.1 Å². The van der Waals surface area contributed by atoms with Crippen LogP contribution in [0.4, 0.5) is 5.69 Å². The van der Waals surface area contributed by atoms with Crippen LogP contribution in [0.5, 0.6) is 0 Å². The fourth-order valence-corrected chi connectivity index (χ4v) is 3.70. The molecule has 2 amide bonds. The van der Waals surface area contributed by atoms with Gasteiger partial charge in [0.25, 0.3) is 5.91 Å². The molecule has 0 radical (unpaired) electrons. The molecule has 1 fully saturated rings. The Balaban J connectivity index is 1.76. The fourth-order valence-electron chi connectivity index (χ4n) is 3.43. The Kier molecular flexibility index (Phi) is 7.11. The van der Waals surface area contributed by atoms with E-state index in [1.54, 1.807) is 67.3 Å². The summed E-state index contributed by atoms with van der Waals surface area (Å²) in [4.78, 5) is 38.7.